The molecule has 1 aromatic rings. The SMILES string of the molecule is C=CC(=O)C(NC(=O)OC(C)(C)C)C(C)OCc1ccccc1. The monoisotopic (exact) mass is 319 g/mol. The van der Waals surface area contributed by atoms with Crippen molar-refractivity contribution in [2.75, 3.05) is 0 Å². The average molecular weight is 319 g/mol. The van der Waals surface area contributed by atoms with E-state index in [1.807, 2.05) is 30.3 Å². The van der Waals surface area contributed by atoms with Gasteiger partial charge in [0.15, 0.2) is 5.78 Å². The van der Waals surface area contributed by atoms with E-state index in [0.29, 0.717) is 6.61 Å². The maximum absolute atomic E-state index is 12.0. The maximum Gasteiger partial charge on any atom is 0.408 e. The first-order valence-corrected chi connectivity index (χ1v) is 7.54. The highest BCUT2D eigenvalue weighted by Crippen LogP contribution is 2.10. The van der Waals surface area contributed by atoms with Crippen LogP contribution in [0, 0.1) is 0 Å². The number of nitrogens with one attached hydrogen (secondary N) is 1. The number of hydrogen-bond donors (Lipinski definition) is 1. The molecular formula is C18H25NO4. The Bertz CT molecular complexity index is 534. The molecule has 5 nitrogen and oxygen atoms in total. The highest BCUT2D eigenvalue weighted by molar-refractivity contribution is 5.96. The van der Waals surface area contributed by atoms with Crippen molar-refractivity contribution in [3.8, 4) is 0 Å². The molecule has 0 aliphatic rings. The van der Waals surface area contributed by atoms with Gasteiger partial charge in [0.2, 0.25) is 0 Å². The van der Waals surface area contributed by atoms with E-state index in [1.165, 1.54) is 6.08 Å². The summed E-state index contributed by atoms with van der Waals surface area (Å²) >= 11 is 0. The summed E-state index contributed by atoms with van der Waals surface area (Å²) in [5, 5.41) is 2.55. The molecule has 1 amide bonds. The van der Waals surface area contributed by atoms with Gasteiger partial charge >= 0.3 is 6.09 Å². The fraction of sp³-hybridized carbons (Fsp3) is 0.444. The van der Waals surface area contributed by atoms with Crippen LogP contribution in [0.4, 0.5) is 4.79 Å². The lowest BCUT2D eigenvalue weighted by Gasteiger charge is -2.26. The van der Waals surface area contributed by atoms with Gasteiger partial charge in [-0.15, -0.1) is 0 Å². The zero-order valence-corrected chi connectivity index (χ0v) is 14.2. The number of hydrogen-bond acceptors (Lipinski definition) is 4. The molecule has 0 heterocycles. The standard InChI is InChI=1S/C18H25NO4/c1-6-15(20)16(19-17(21)23-18(3,4)5)13(2)22-12-14-10-8-7-9-11-14/h6-11,13,16H,1,12H2,2-5H3,(H,19,21). The van der Waals surface area contributed by atoms with Gasteiger partial charge in [0.1, 0.15) is 11.6 Å². The van der Waals surface area contributed by atoms with Crippen LogP contribution in [-0.4, -0.2) is 29.6 Å². The van der Waals surface area contributed by atoms with E-state index in [4.69, 9.17) is 9.47 Å². The average Bonchev–Trinajstić information content (AvgIpc) is 2.49. The smallest absolute Gasteiger partial charge is 0.408 e. The molecule has 0 saturated carbocycles. The number of ketones is 1. The number of rotatable bonds is 7. The van der Waals surface area contributed by atoms with E-state index in [1.54, 1.807) is 27.7 Å². The number of ether oxygens (including phenoxy) is 2. The fourth-order valence-corrected chi connectivity index (χ4v) is 1.88. The maximum atomic E-state index is 12.0. The molecule has 0 spiro atoms. The van der Waals surface area contributed by atoms with Crippen LogP contribution in [0.2, 0.25) is 0 Å². The van der Waals surface area contributed by atoms with Gasteiger partial charge in [-0.1, -0.05) is 36.9 Å². The number of amides is 1. The summed E-state index contributed by atoms with van der Waals surface area (Å²) < 4.78 is 10.9. The van der Waals surface area contributed by atoms with Crippen LogP contribution in [0.1, 0.15) is 33.3 Å². The first-order chi connectivity index (χ1) is 10.7. The third kappa shape index (κ3) is 7.10. The summed E-state index contributed by atoms with van der Waals surface area (Å²) in [4.78, 5) is 23.9. The summed E-state index contributed by atoms with van der Waals surface area (Å²) in [5.41, 5.74) is 0.349. The Hall–Kier alpha value is -2.14. The lowest BCUT2D eigenvalue weighted by molar-refractivity contribution is -0.120. The molecule has 0 aliphatic carbocycles. The van der Waals surface area contributed by atoms with Gasteiger partial charge < -0.3 is 14.8 Å². The molecule has 0 bridgehead atoms. The first kappa shape index (κ1) is 18.9. The van der Waals surface area contributed by atoms with Crippen LogP contribution in [0.25, 0.3) is 0 Å². The minimum atomic E-state index is -0.842. The van der Waals surface area contributed by atoms with Crippen LogP contribution in [0.3, 0.4) is 0 Å². The van der Waals surface area contributed by atoms with Crippen LogP contribution < -0.4 is 5.32 Å². The highest BCUT2D eigenvalue weighted by atomic mass is 16.6. The molecule has 0 fully saturated rings. The van der Waals surface area contributed by atoms with Gasteiger partial charge in [-0.25, -0.2) is 4.79 Å². The Morgan fingerprint density at radius 1 is 1.26 bits per heavy atom. The van der Waals surface area contributed by atoms with Gasteiger partial charge in [-0.2, -0.15) is 0 Å². The van der Waals surface area contributed by atoms with Crippen molar-refractivity contribution in [1.29, 1.82) is 0 Å². The Morgan fingerprint density at radius 3 is 2.39 bits per heavy atom. The van der Waals surface area contributed by atoms with Crippen molar-refractivity contribution in [3.05, 3.63) is 48.6 Å². The van der Waals surface area contributed by atoms with Crippen LogP contribution in [-0.2, 0) is 20.9 Å². The van der Waals surface area contributed by atoms with Crippen LogP contribution in [0.5, 0.6) is 0 Å². The third-order valence-corrected chi connectivity index (χ3v) is 3.01. The van der Waals surface area contributed by atoms with Crippen molar-refractivity contribution in [2.45, 2.75) is 52.0 Å². The van der Waals surface area contributed by atoms with Gasteiger partial charge in [0.05, 0.1) is 12.7 Å². The van der Waals surface area contributed by atoms with E-state index in [-0.39, 0.29) is 5.78 Å². The summed E-state index contributed by atoms with van der Waals surface area (Å²) in [6.07, 6.45) is -0.00851. The molecule has 1 rings (SSSR count). The van der Waals surface area contributed by atoms with E-state index in [2.05, 4.69) is 11.9 Å². The largest absolute Gasteiger partial charge is 0.444 e. The predicted molar refractivity (Wildman–Crippen MR) is 89.1 cm³/mol. The molecule has 126 valence electrons. The molecule has 2 unspecified atom stereocenters. The van der Waals surface area contributed by atoms with Crippen LogP contribution in [0.15, 0.2) is 43.0 Å². The quantitative estimate of drug-likeness (QED) is 0.784. The molecular weight excluding hydrogens is 294 g/mol. The lowest BCUT2D eigenvalue weighted by Crippen LogP contribution is -2.49. The molecule has 5 heteroatoms. The second kappa shape index (κ2) is 8.48. The molecule has 0 radical (unpaired) electrons. The molecule has 0 aromatic heterocycles. The fourth-order valence-electron chi connectivity index (χ4n) is 1.88. The Labute approximate surface area is 137 Å². The van der Waals surface area contributed by atoms with E-state index < -0.39 is 23.8 Å². The minimum Gasteiger partial charge on any atom is -0.444 e. The first-order valence-electron chi connectivity index (χ1n) is 7.54. The normalized spacial score (nSPS) is 13.7. The van der Waals surface area contributed by atoms with Gasteiger partial charge in [0, 0.05) is 0 Å². The van der Waals surface area contributed by atoms with Gasteiger partial charge in [-0.3, -0.25) is 4.79 Å². The Morgan fingerprint density at radius 2 is 1.87 bits per heavy atom. The van der Waals surface area contributed by atoms with Crippen molar-refractivity contribution in [2.24, 2.45) is 0 Å². The van der Waals surface area contributed by atoms with Gasteiger partial charge in [0.25, 0.3) is 0 Å². The summed E-state index contributed by atoms with van der Waals surface area (Å²) in [5.74, 6) is -0.323. The number of alkyl carbamates (subject to hydrolysis) is 1. The second-order valence-corrected chi connectivity index (χ2v) is 6.23. The number of carbonyl (C=O) groups is 2. The predicted octanol–water partition coefficient (Wildman–Crippen LogP) is 3.24. The topological polar surface area (TPSA) is 64.6 Å². The molecule has 0 aliphatic heterocycles. The highest BCUT2D eigenvalue weighted by Gasteiger charge is 2.28. The second-order valence-electron chi connectivity index (χ2n) is 6.23. The zero-order valence-electron chi connectivity index (χ0n) is 14.2. The third-order valence-electron chi connectivity index (χ3n) is 3.01. The van der Waals surface area contributed by atoms with Gasteiger partial charge in [-0.05, 0) is 39.3 Å². The Kier molecular flexibility index (Phi) is 6.97. The van der Waals surface area contributed by atoms with Crippen LogP contribution >= 0.6 is 0 Å². The van der Waals surface area contributed by atoms with Crippen molar-refractivity contribution < 1.29 is 19.1 Å². The number of benzene rings is 1. The molecule has 0 saturated heterocycles. The molecule has 23 heavy (non-hydrogen) atoms. The summed E-state index contributed by atoms with van der Waals surface area (Å²) in [7, 11) is 0. The minimum absolute atomic E-state index is 0.323. The summed E-state index contributed by atoms with van der Waals surface area (Å²) in [6.45, 7) is 10.8. The zero-order chi connectivity index (χ0) is 17.5. The van der Waals surface area contributed by atoms with E-state index in [9.17, 15) is 9.59 Å². The van der Waals surface area contributed by atoms with E-state index >= 15 is 0 Å². The molecule has 1 N–H and O–H groups in total. The lowest BCUT2D eigenvalue weighted by atomic mass is 10.1. The van der Waals surface area contributed by atoms with E-state index in [0.717, 1.165) is 5.56 Å². The van der Waals surface area contributed by atoms with Crippen molar-refractivity contribution in [1.82, 2.24) is 5.32 Å². The van der Waals surface area contributed by atoms with Crippen molar-refractivity contribution >= 4 is 11.9 Å². The molecule has 2 atom stereocenters. The number of carbonyl (C=O) groups excluding carboxylic acids is 2. The Balaban J connectivity index is 2.67. The summed E-state index contributed by atoms with van der Waals surface area (Å²) in [6, 6.07) is 8.76. The molecule has 1 aromatic carbocycles. The van der Waals surface area contributed by atoms with Crippen molar-refractivity contribution in [3.63, 3.8) is 0 Å².